The quantitative estimate of drug-likeness (QED) is 0.502. The van der Waals surface area contributed by atoms with Crippen molar-refractivity contribution in [3.8, 4) is 5.75 Å². The Labute approximate surface area is 199 Å². The molecule has 3 aromatic rings. The van der Waals surface area contributed by atoms with Gasteiger partial charge in [-0.1, -0.05) is 47.5 Å². The van der Waals surface area contributed by atoms with Gasteiger partial charge in [0.15, 0.2) is 0 Å². The van der Waals surface area contributed by atoms with E-state index >= 15 is 0 Å². The van der Waals surface area contributed by atoms with Crippen molar-refractivity contribution in [2.24, 2.45) is 0 Å². The number of methoxy groups -OCH3 is 1. The Bertz CT molecular complexity index is 1290. The van der Waals surface area contributed by atoms with E-state index in [1.54, 1.807) is 29.2 Å². The van der Waals surface area contributed by atoms with E-state index in [1.807, 2.05) is 38.1 Å². The highest BCUT2D eigenvalue weighted by Gasteiger charge is 2.35. The number of carbonyl (C=O) groups is 1. The molecule has 0 fully saturated rings. The highest BCUT2D eigenvalue weighted by molar-refractivity contribution is 7.92. The van der Waals surface area contributed by atoms with Crippen LogP contribution in [0.5, 0.6) is 5.75 Å². The zero-order chi connectivity index (χ0) is 23.8. The number of halogens is 1. The Morgan fingerprint density at radius 3 is 2.52 bits per heavy atom. The molecule has 1 aliphatic heterocycles. The predicted octanol–water partition coefficient (Wildman–Crippen LogP) is 4.83. The van der Waals surface area contributed by atoms with Gasteiger partial charge in [-0.05, 0) is 62.2 Å². The maximum absolute atomic E-state index is 13.8. The lowest BCUT2D eigenvalue weighted by atomic mass is 10.1. The summed E-state index contributed by atoms with van der Waals surface area (Å²) in [5.41, 5.74) is 3.01. The summed E-state index contributed by atoms with van der Waals surface area (Å²) >= 11 is 6.22. The zero-order valence-electron chi connectivity index (χ0n) is 18.7. The van der Waals surface area contributed by atoms with Crippen LogP contribution in [0.4, 0.5) is 11.4 Å². The summed E-state index contributed by atoms with van der Waals surface area (Å²) in [6.45, 7) is 3.44. The fourth-order valence-electron chi connectivity index (χ4n) is 4.14. The van der Waals surface area contributed by atoms with Gasteiger partial charge < -0.3 is 9.64 Å². The van der Waals surface area contributed by atoms with Crippen molar-refractivity contribution in [1.82, 2.24) is 0 Å². The first-order valence-corrected chi connectivity index (χ1v) is 12.4. The van der Waals surface area contributed by atoms with Crippen molar-refractivity contribution >= 4 is 38.9 Å². The molecule has 0 unspecified atom stereocenters. The van der Waals surface area contributed by atoms with Crippen LogP contribution in [0, 0.1) is 6.92 Å². The summed E-state index contributed by atoms with van der Waals surface area (Å²) in [6.07, 6.45) is 0.715. The average Bonchev–Trinajstić information content (AvgIpc) is 3.13. The molecule has 0 radical (unpaired) electrons. The first-order valence-electron chi connectivity index (χ1n) is 10.6. The largest absolute Gasteiger partial charge is 0.495 e. The van der Waals surface area contributed by atoms with E-state index in [0.717, 1.165) is 21.1 Å². The summed E-state index contributed by atoms with van der Waals surface area (Å²) < 4.78 is 34.0. The molecule has 1 atom stereocenters. The van der Waals surface area contributed by atoms with Crippen LogP contribution in [-0.4, -0.2) is 34.0 Å². The van der Waals surface area contributed by atoms with Crippen molar-refractivity contribution in [1.29, 1.82) is 0 Å². The Hall–Kier alpha value is -3.03. The van der Waals surface area contributed by atoms with E-state index in [2.05, 4.69) is 0 Å². The van der Waals surface area contributed by atoms with Crippen LogP contribution in [0.3, 0.4) is 0 Å². The second kappa shape index (κ2) is 9.08. The Kier molecular flexibility index (Phi) is 6.36. The summed E-state index contributed by atoms with van der Waals surface area (Å²) in [5, 5.41) is 0.335. The lowest BCUT2D eigenvalue weighted by Gasteiger charge is -2.29. The van der Waals surface area contributed by atoms with Crippen LogP contribution in [-0.2, 0) is 21.2 Å². The molecule has 1 aliphatic rings. The number of carbonyl (C=O) groups excluding carboxylic acids is 1. The third kappa shape index (κ3) is 4.43. The smallest absolute Gasteiger partial charge is 0.264 e. The first-order chi connectivity index (χ1) is 15.7. The topological polar surface area (TPSA) is 66.9 Å². The number of hydrogen-bond donors (Lipinski definition) is 0. The summed E-state index contributed by atoms with van der Waals surface area (Å²) in [7, 11) is -2.64. The number of ether oxygens (including phenoxy) is 1. The van der Waals surface area contributed by atoms with Crippen LogP contribution >= 0.6 is 11.6 Å². The molecule has 0 N–H and O–H groups in total. The molecular formula is C25H25ClN2O4S. The number of sulfonamides is 1. The fraction of sp³-hybridized carbons (Fsp3) is 0.240. The molecule has 1 heterocycles. The second-order valence-corrected chi connectivity index (χ2v) is 10.4. The zero-order valence-corrected chi connectivity index (χ0v) is 20.2. The molecule has 0 aliphatic carbocycles. The van der Waals surface area contributed by atoms with E-state index in [-0.39, 0.29) is 22.5 Å². The molecule has 6 nitrogen and oxygen atoms in total. The Balaban J connectivity index is 1.79. The molecule has 3 aromatic carbocycles. The molecule has 0 aromatic heterocycles. The summed E-state index contributed by atoms with van der Waals surface area (Å²) in [4.78, 5) is 15.3. The number of aryl methyl sites for hydroxylation is 1. The molecular weight excluding hydrogens is 460 g/mol. The van der Waals surface area contributed by atoms with Crippen LogP contribution in [0.15, 0.2) is 71.6 Å². The van der Waals surface area contributed by atoms with Gasteiger partial charge in [-0.25, -0.2) is 8.42 Å². The number of nitrogens with zero attached hydrogens (tertiary/aromatic N) is 2. The molecule has 0 saturated heterocycles. The van der Waals surface area contributed by atoms with E-state index in [1.165, 1.54) is 25.3 Å². The third-order valence-corrected chi connectivity index (χ3v) is 7.78. The van der Waals surface area contributed by atoms with E-state index in [4.69, 9.17) is 16.3 Å². The highest BCUT2D eigenvalue weighted by Crippen LogP contribution is 2.36. The normalized spacial score (nSPS) is 15.3. The minimum atomic E-state index is -4.09. The molecule has 0 spiro atoms. The van der Waals surface area contributed by atoms with Crippen molar-refractivity contribution in [2.75, 3.05) is 22.9 Å². The number of amides is 1. The van der Waals surface area contributed by atoms with Crippen LogP contribution in [0.1, 0.15) is 18.1 Å². The van der Waals surface area contributed by atoms with Crippen molar-refractivity contribution in [3.05, 3.63) is 82.9 Å². The molecule has 0 bridgehead atoms. The van der Waals surface area contributed by atoms with Gasteiger partial charge in [0.1, 0.15) is 12.3 Å². The molecule has 0 saturated carbocycles. The lowest BCUT2D eigenvalue weighted by Crippen LogP contribution is -2.45. The van der Waals surface area contributed by atoms with Gasteiger partial charge in [0.2, 0.25) is 5.91 Å². The van der Waals surface area contributed by atoms with E-state index in [9.17, 15) is 13.2 Å². The molecule has 8 heteroatoms. The monoisotopic (exact) mass is 484 g/mol. The van der Waals surface area contributed by atoms with Crippen molar-refractivity contribution in [3.63, 3.8) is 0 Å². The molecule has 4 rings (SSSR count). The number of anilines is 2. The second-order valence-electron chi connectivity index (χ2n) is 8.09. The minimum Gasteiger partial charge on any atom is -0.495 e. The third-order valence-electron chi connectivity index (χ3n) is 5.77. The van der Waals surface area contributed by atoms with Crippen molar-refractivity contribution < 1.29 is 17.9 Å². The Morgan fingerprint density at radius 2 is 1.82 bits per heavy atom. The SMILES string of the molecule is COc1ccc(Cl)cc1N(CC(=O)N1c2ccccc2C[C@@H]1C)S(=O)(=O)c1ccc(C)cc1. The lowest BCUT2D eigenvalue weighted by molar-refractivity contribution is -0.117. The van der Waals surface area contributed by atoms with Gasteiger partial charge in [0.05, 0.1) is 17.7 Å². The van der Waals surface area contributed by atoms with E-state index in [0.29, 0.717) is 17.2 Å². The van der Waals surface area contributed by atoms with Crippen LogP contribution in [0.2, 0.25) is 5.02 Å². The number of fused-ring (bicyclic) bond motifs is 1. The van der Waals surface area contributed by atoms with E-state index < -0.39 is 16.6 Å². The van der Waals surface area contributed by atoms with Crippen LogP contribution in [0.25, 0.3) is 0 Å². The van der Waals surface area contributed by atoms with Gasteiger partial charge in [-0.3, -0.25) is 9.10 Å². The van der Waals surface area contributed by atoms with Gasteiger partial charge in [-0.2, -0.15) is 0 Å². The predicted molar refractivity (Wildman–Crippen MR) is 131 cm³/mol. The first kappa shape index (κ1) is 23.1. The standard InChI is InChI=1S/C25H25ClN2O4S/c1-17-8-11-21(12-9-17)33(30,31)27(23-15-20(26)10-13-24(23)32-3)16-25(29)28-18(2)14-19-6-4-5-7-22(19)28/h4-13,15,18H,14,16H2,1-3H3/t18-/m0/s1. The number of hydrogen-bond acceptors (Lipinski definition) is 4. The van der Waals surface area contributed by atoms with Gasteiger partial charge in [-0.15, -0.1) is 0 Å². The highest BCUT2D eigenvalue weighted by atomic mass is 35.5. The van der Waals surface area contributed by atoms with Crippen molar-refractivity contribution in [2.45, 2.75) is 31.2 Å². The molecule has 172 valence electrons. The molecule has 1 amide bonds. The Morgan fingerprint density at radius 1 is 1.12 bits per heavy atom. The summed E-state index contributed by atoms with van der Waals surface area (Å²) in [6, 6.07) is 18.8. The van der Waals surface area contributed by atoms with Gasteiger partial charge >= 0.3 is 0 Å². The van der Waals surface area contributed by atoms with Gasteiger partial charge in [0.25, 0.3) is 10.0 Å². The number of rotatable bonds is 6. The average molecular weight is 485 g/mol. The fourth-order valence-corrected chi connectivity index (χ4v) is 5.72. The van der Waals surface area contributed by atoms with Gasteiger partial charge in [0, 0.05) is 16.8 Å². The maximum atomic E-state index is 13.8. The van der Waals surface area contributed by atoms with Crippen LogP contribution < -0.4 is 13.9 Å². The summed E-state index contributed by atoms with van der Waals surface area (Å²) in [5.74, 6) is -0.0251. The number of benzene rings is 3. The maximum Gasteiger partial charge on any atom is 0.264 e. The number of para-hydroxylation sites is 1. The minimum absolute atomic E-state index is 0.0813. The molecule has 33 heavy (non-hydrogen) atoms.